The Bertz CT molecular complexity index is 1290. The fourth-order valence-electron chi connectivity index (χ4n) is 4.19. The zero-order chi connectivity index (χ0) is 22.5. The van der Waals surface area contributed by atoms with E-state index in [1.807, 2.05) is 0 Å². The second-order valence-corrected chi connectivity index (χ2v) is 7.80. The molecule has 32 heavy (non-hydrogen) atoms. The van der Waals surface area contributed by atoms with E-state index in [0.29, 0.717) is 40.0 Å². The maximum Gasteiger partial charge on any atom is 0.280 e. The summed E-state index contributed by atoms with van der Waals surface area (Å²) < 4.78 is 62.5. The number of halogens is 4. The van der Waals surface area contributed by atoms with Gasteiger partial charge in [0.2, 0.25) is 0 Å². The molecule has 0 bridgehead atoms. The van der Waals surface area contributed by atoms with E-state index in [1.165, 1.54) is 36.2 Å². The molecule has 0 aromatic carbocycles. The molecule has 1 aliphatic heterocycles. The number of pyridine rings is 2. The van der Waals surface area contributed by atoms with E-state index in [-0.39, 0.29) is 25.2 Å². The summed E-state index contributed by atoms with van der Waals surface area (Å²) in [6, 6.07) is 3.98. The minimum absolute atomic E-state index is 0.0638. The van der Waals surface area contributed by atoms with Crippen molar-refractivity contribution >= 4 is 11.0 Å². The molecule has 0 saturated carbocycles. The fourth-order valence-corrected chi connectivity index (χ4v) is 4.19. The van der Waals surface area contributed by atoms with Crippen LogP contribution in [0.15, 0.2) is 30.6 Å². The molecule has 0 aliphatic carbocycles. The zero-order valence-corrected chi connectivity index (χ0v) is 16.9. The van der Waals surface area contributed by atoms with Crippen LogP contribution in [0, 0.1) is 5.82 Å². The normalized spacial score (nSPS) is 18.4. The summed E-state index contributed by atoms with van der Waals surface area (Å²) in [6.07, 6.45) is 0.213. The molecular formula is C21H18F4N6O. The predicted octanol–water partition coefficient (Wildman–Crippen LogP) is 4.26. The number of aromatic nitrogens is 6. The molecule has 0 amide bonds. The van der Waals surface area contributed by atoms with E-state index in [0.717, 1.165) is 6.20 Å². The van der Waals surface area contributed by atoms with Gasteiger partial charge < -0.3 is 4.74 Å². The van der Waals surface area contributed by atoms with Crippen LogP contribution >= 0.6 is 0 Å². The van der Waals surface area contributed by atoms with Crippen molar-refractivity contribution in [2.45, 2.75) is 31.5 Å². The van der Waals surface area contributed by atoms with Crippen LogP contribution < -0.4 is 0 Å². The van der Waals surface area contributed by atoms with Crippen molar-refractivity contribution in [1.82, 2.24) is 29.9 Å². The SMILES string of the molecule is COCC1(F)CCc2c(-c3cc(C(F)F)nc4[nH]ncc34)c(-c3ccc(F)cn3)nn2C1. The highest BCUT2D eigenvalue weighted by Crippen LogP contribution is 2.42. The molecule has 1 atom stereocenters. The Labute approximate surface area is 179 Å². The van der Waals surface area contributed by atoms with Gasteiger partial charge in [0.1, 0.15) is 17.2 Å². The fraction of sp³-hybridized carbons (Fsp3) is 0.333. The minimum Gasteiger partial charge on any atom is -0.381 e. The van der Waals surface area contributed by atoms with Crippen molar-refractivity contribution in [3.05, 3.63) is 47.8 Å². The Morgan fingerprint density at radius 3 is 2.84 bits per heavy atom. The predicted molar refractivity (Wildman–Crippen MR) is 107 cm³/mol. The first-order chi connectivity index (χ1) is 15.4. The van der Waals surface area contributed by atoms with Gasteiger partial charge in [-0.05, 0) is 31.0 Å². The van der Waals surface area contributed by atoms with E-state index in [9.17, 15) is 13.2 Å². The third kappa shape index (κ3) is 3.42. The molecule has 1 unspecified atom stereocenters. The highest BCUT2D eigenvalue weighted by molar-refractivity contribution is 5.97. The topological polar surface area (TPSA) is 81.5 Å². The first-order valence-electron chi connectivity index (χ1n) is 9.90. The lowest BCUT2D eigenvalue weighted by molar-refractivity contribution is 0.0100. The third-order valence-electron chi connectivity index (χ3n) is 5.61. The first kappa shape index (κ1) is 20.6. The molecule has 166 valence electrons. The Hall–Kier alpha value is -3.34. The summed E-state index contributed by atoms with van der Waals surface area (Å²) in [6.45, 7) is -0.159. The van der Waals surface area contributed by atoms with Crippen molar-refractivity contribution < 1.29 is 22.3 Å². The highest BCUT2D eigenvalue weighted by Gasteiger charge is 2.38. The van der Waals surface area contributed by atoms with Crippen molar-refractivity contribution in [2.75, 3.05) is 13.7 Å². The molecule has 7 nitrogen and oxygen atoms in total. The number of hydrogen-bond acceptors (Lipinski definition) is 5. The van der Waals surface area contributed by atoms with Crippen LogP contribution in [-0.2, 0) is 17.7 Å². The van der Waals surface area contributed by atoms with E-state index >= 15 is 4.39 Å². The maximum atomic E-state index is 15.2. The van der Waals surface area contributed by atoms with Crippen molar-refractivity contribution in [3.63, 3.8) is 0 Å². The van der Waals surface area contributed by atoms with E-state index < -0.39 is 23.6 Å². The summed E-state index contributed by atoms with van der Waals surface area (Å²) in [4.78, 5) is 8.06. The van der Waals surface area contributed by atoms with Gasteiger partial charge in [-0.3, -0.25) is 14.8 Å². The number of methoxy groups -OCH3 is 1. The van der Waals surface area contributed by atoms with Crippen LogP contribution in [0.5, 0.6) is 0 Å². The summed E-state index contributed by atoms with van der Waals surface area (Å²) in [5.41, 5.74) is 0.469. The van der Waals surface area contributed by atoms with Crippen LogP contribution in [0.2, 0.25) is 0 Å². The van der Waals surface area contributed by atoms with Gasteiger partial charge in [-0.15, -0.1) is 0 Å². The third-order valence-corrected chi connectivity index (χ3v) is 5.61. The number of fused-ring (bicyclic) bond motifs is 2. The summed E-state index contributed by atoms with van der Waals surface area (Å²) >= 11 is 0. The van der Waals surface area contributed by atoms with Crippen LogP contribution in [0.1, 0.15) is 24.2 Å². The second kappa shape index (κ2) is 7.66. The number of nitrogens with one attached hydrogen (secondary N) is 1. The second-order valence-electron chi connectivity index (χ2n) is 7.80. The summed E-state index contributed by atoms with van der Waals surface area (Å²) in [7, 11) is 1.43. The monoisotopic (exact) mass is 446 g/mol. The molecule has 4 aromatic rings. The molecule has 5 rings (SSSR count). The Morgan fingerprint density at radius 2 is 2.12 bits per heavy atom. The van der Waals surface area contributed by atoms with Crippen LogP contribution in [0.3, 0.4) is 0 Å². The lowest BCUT2D eigenvalue weighted by Crippen LogP contribution is -2.39. The molecule has 1 N–H and O–H groups in total. The lowest BCUT2D eigenvalue weighted by Gasteiger charge is -2.30. The largest absolute Gasteiger partial charge is 0.381 e. The Kier molecular flexibility index (Phi) is 4.92. The van der Waals surface area contributed by atoms with E-state index in [1.54, 1.807) is 0 Å². The van der Waals surface area contributed by atoms with Gasteiger partial charge in [-0.25, -0.2) is 22.5 Å². The van der Waals surface area contributed by atoms with Gasteiger partial charge in [0, 0.05) is 29.3 Å². The van der Waals surface area contributed by atoms with Crippen LogP contribution in [-0.4, -0.2) is 49.3 Å². The van der Waals surface area contributed by atoms with Gasteiger partial charge in [0.05, 0.1) is 31.2 Å². The average molecular weight is 446 g/mol. The van der Waals surface area contributed by atoms with Crippen LogP contribution in [0.4, 0.5) is 17.6 Å². The number of alkyl halides is 3. The number of rotatable bonds is 5. The summed E-state index contributed by atoms with van der Waals surface area (Å²) in [5, 5.41) is 11.7. The summed E-state index contributed by atoms with van der Waals surface area (Å²) in [5.74, 6) is -0.525. The highest BCUT2D eigenvalue weighted by atomic mass is 19.3. The van der Waals surface area contributed by atoms with Gasteiger partial charge >= 0.3 is 0 Å². The van der Waals surface area contributed by atoms with E-state index in [4.69, 9.17) is 4.74 Å². The smallest absolute Gasteiger partial charge is 0.280 e. The molecule has 4 aromatic heterocycles. The first-order valence-corrected chi connectivity index (χ1v) is 9.90. The quantitative estimate of drug-likeness (QED) is 0.464. The van der Waals surface area contributed by atoms with Gasteiger partial charge in [-0.2, -0.15) is 10.2 Å². The minimum atomic E-state index is -2.81. The molecular weight excluding hydrogens is 428 g/mol. The van der Waals surface area contributed by atoms with Gasteiger partial charge in [0.25, 0.3) is 6.43 Å². The number of ether oxygens (including phenoxy) is 1. The number of hydrogen-bond donors (Lipinski definition) is 1. The van der Waals surface area contributed by atoms with Crippen molar-refractivity contribution in [1.29, 1.82) is 0 Å². The molecule has 0 spiro atoms. The number of aromatic amines is 1. The molecule has 11 heteroatoms. The standard InChI is InChI=1S/C21H18F4N6O/c1-32-10-21(25)5-4-16-17(12-6-15(19(23)24)28-20-13(12)8-27-29-20)18(30-31(16)9-21)14-3-2-11(22)7-26-14/h2-3,6-8,19H,4-5,9-10H2,1H3,(H,27,28,29). The average Bonchev–Trinajstić information content (AvgIpc) is 3.37. The Morgan fingerprint density at radius 1 is 1.28 bits per heavy atom. The Balaban J connectivity index is 1.77. The van der Waals surface area contributed by atoms with E-state index in [2.05, 4.69) is 25.3 Å². The number of nitrogens with zero attached hydrogens (tertiary/aromatic N) is 5. The molecule has 0 radical (unpaired) electrons. The molecule has 1 aliphatic rings. The lowest BCUT2D eigenvalue weighted by atomic mass is 9.91. The molecule has 0 fully saturated rings. The van der Waals surface area contributed by atoms with Gasteiger partial charge in [-0.1, -0.05) is 0 Å². The van der Waals surface area contributed by atoms with Crippen molar-refractivity contribution in [2.24, 2.45) is 0 Å². The maximum absolute atomic E-state index is 15.2. The molecule has 5 heterocycles. The number of H-pyrrole nitrogens is 1. The molecule has 0 saturated heterocycles. The van der Waals surface area contributed by atoms with Gasteiger partial charge in [0.15, 0.2) is 11.3 Å². The van der Waals surface area contributed by atoms with Crippen molar-refractivity contribution in [3.8, 4) is 22.5 Å². The zero-order valence-electron chi connectivity index (χ0n) is 16.9. The van der Waals surface area contributed by atoms with Crippen LogP contribution in [0.25, 0.3) is 33.5 Å².